The van der Waals surface area contributed by atoms with Crippen LogP contribution in [0.5, 0.6) is 0 Å². The zero-order valence-electron chi connectivity index (χ0n) is 15.9. The monoisotopic (exact) mass is 356 g/mol. The molecule has 3 fully saturated rings. The van der Waals surface area contributed by atoms with Crippen molar-refractivity contribution in [3.05, 3.63) is 35.2 Å². The molecule has 0 unspecified atom stereocenters. The molecule has 7 heteroatoms. The number of carbonyl (C=O) groups excluding carboxylic acids is 1. The summed E-state index contributed by atoms with van der Waals surface area (Å²) >= 11 is 0. The molecule has 0 aromatic carbocycles. The van der Waals surface area contributed by atoms with E-state index in [1.54, 1.807) is 6.33 Å². The molecule has 5 rings (SSSR count). The highest BCUT2D eigenvalue weighted by Gasteiger charge is 2.38. The third-order valence-electron chi connectivity index (χ3n) is 5.86. The summed E-state index contributed by atoms with van der Waals surface area (Å²) in [5, 5.41) is 4.51. The van der Waals surface area contributed by atoms with Crippen molar-refractivity contribution >= 4 is 5.91 Å². The number of aromatic nitrogens is 4. The molecule has 3 saturated heterocycles. The molecule has 26 heavy (non-hydrogen) atoms. The van der Waals surface area contributed by atoms with E-state index in [0.29, 0.717) is 11.6 Å². The van der Waals surface area contributed by atoms with Crippen molar-refractivity contribution < 1.29 is 4.79 Å². The number of piperidine rings is 1. The zero-order valence-corrected chi connectivity index (χ0v) is 15.9. The number of fused-ring (bicyclic) bond motifs is 4. The topological polar surface area (TPSA) is 70.1 Å². The van der Waals surface area contributed by atoms with Crippen LogP contribution < -0.4 is 0 Å². The molecule has 3 aliphatic heterocycles. The van der Waals surface area contributed by atoms with Gasteiger partial charge in [0, 0.05) is 50.2 Å². The highest BCUT2D eigenvalue weighted by atomic mass is 16.2. The van der Waals surface area contributed by atoms with Crippen molar-refractivity contribution in [2.75, 3.05) is 19.6 Å². The smallest absolute Gasteiger partial charge is 0.274 e. The number of hydrogen-bond acceptors (Lipinski definition) is 4. The van der Waals surface area contributed by atoms with Gasteiger partial charge in [-0.2, -0.15) is 5.10 Å². The van der Waals surface area contributed by atoms with Gasteiger partial charge >= 0.3 is 0 Å². The third kappa shape index (κ3) is 3.16. The molecule has 0 radical (unpaired) electrons. The van der Waals surface area contributed by atoms with Crippen LogP contribution in [0.15, 0.2) is 12.4 Å². The molecule has 0 saturated carbocycles. The van der Waals surface area contributed by atoms with E-state index in [1.165, 1.54) is 6.42 Å². The molecule has 1 amide bonds. The molecule has 2 aromatic heterocycles. The third-order valence-corrected chi connectivity index (χ3v) is 5.86. The maximum atomic E-state index is 13.1. The summed E-state index contributed by atoms with van der Waals surface area (Å²) in [7, 11) is 0. The Morgan fingerprint density at radius 1 is 1.27 bits per heavy atom. The van der Waals surface area contributed by atoms with E-state index >= 15 is 0 Å². The Hall–Kier alpha value is -2.15. The number of carbonyl (C=O) groups is 1. The van der Waals surface area contributed by atoms with Gasteiger partial charge in [-0.25, -0.2) is 4.98 Å². The van der Waals surface area contributed by atoms with Gasteiger partial charge in [-0.1, -0.05) is 0 Å². The minimum atomic E-state index is 0.0906. The molecular weight excluding hydrogens is 328 g/mol. The molecule has 5 heterocycles. The Morgan fingerprint density at radius 2 is 2.12 bits per heavy atom. The first kappa shape index (κ1) is 17.3. The Morgan fingerprint density at radius 3 is 2.81 bits per heavy atom. The number of nitrogens with one attached hydrogen (secondary N) is 1. The normalized spacial score (nSPS) is 23.4. The minimum absolute atomic E-state index is 0.0906. The SMILES string of the molecule is CCn1nc(C(=O)N2C[C@@H]3CC[C@H]2CN(Cc2nc[nH]c2C)C3)cc1C. The lowest BCUT2D eigenvalue weighted by molar-refractivity contribution is 0.0578. The van der Waals surface area contributed by atoms with E-state index in [4.69, 9.17) is 0 Å². The van der Waals surface area contributed by atoms with Gasteiger partial charge in [-0.15, -0.1) is 0 Å². The Labute approximate surface area is 154 Å². The molecule has 0 spiro atoms. The zero-order chi connectivity index (χ0) is 18.3. The second-order valence-electron chi connectivity index (χ2n) is 7.71. The fraction of sp³-hybridized carbons (Fsp3) is 0.632. The summed E-state index contributed by atoms with van der Waals surface area (Å²) in [6.07, 6.45) is 4.05. The minimum Gasteiger partial charge on any atom is -0.348 e. The molecule has 0 aliphatic carbocycles. The van der Waals surface area contributed by atoms with Crippen LogP contribution in [0.4, 0.5) is 0 Å². The van der Waals surface area contributed by atoms with E-state index in [0.717, 1.165) is 56.2 Å². The number of imidazole rings is 1. The van der Waals surface area contributed by atoms with E-state index in [9.17, 15) is 4.79 Å². The largest absolute Gasteiger partial charge is 0.348 e. The average Bonchev–Trinajstić information content (AvgIpc) is 3.08. The predicted octanol–water partition coefficient (Wildman–Crippen LogP) is 1.98. The van der Waals surface area contributed by atoms with Crippen molar-refractivity contribution in [1.29, 1.82) is 0 Å². The van der Waals surface area contributed by atoms with Gasteiger partial charge in [0.2, 0.25) is 0 Å². The molecule has 2 bridgehead atoms. The van der Waals surface area contributed by atoms with Crippen molar-refractivity contribution in [3.63, 3.8) is 0 Å². The van der Waals surface area contributed by atoms with Gasteiger partial charge < -0.3 is 9.88 Å². The van der Waals surface area contributed by atoms with Crippen LogP contribution in [0.3, 0.4) is 0 Å². The van der Waals surface area contributed by atoms with Crippen LogP contribution in [0.1, 0.15) is 47.3 Å². The molecule has 2 atom stereocenters. The summed E-state index contributed by atoms with van der Waals surface area (Å²) in [4.78, 5) is 25.3. The van der Waals surface area contributed by atoms with E-state index in [2.05, 4.69) is 38.7 Å². The van der Waals surface area contributed by atoms with Crippen LogP contribution in [0.25, 0.3) is 0 Å². The first-order valence-corrected chi connectivity index (χ1v) is 9.61. The van der Waals surface area contributed by atoms with Crippen LogP contribution in [0.2, 0.25) is 0 Å². The lowest BCUT2D eigenvalue weighted by atomic mass is 9.94. The van der Waals surface area contributed by atoms with Crippen molar-refractivity contribution in [1.82, 2.24) is 29.5 Å². The van der Waals surface area contributed by atoms with Gasteiger partial charge in [0.05, 0.1) is 12.0 Å². The number of hydrogen-bond donors (Lipinski definition) is 1. The van der Waals surface area contributed by atoms with E-state index < -0.39 is 0 Å². The second-order valence-corrected chi connectivity index (χ2v) is 7.71. The number of rotatable bonds is 4. The highest BCUT2D eigenvalue weighted by molar-refractivity contribution is 5.92. The van der Waals surface area contributed by atoms with Crippen molar-refractivity contribution in [3.8, 4) is 0 Å². The lowest BCUT2D eigenvalue weighted by Crippen LogP contribution is -2.47. The fourth-order valence-corrected chi connectivity index (χ4v) is 4.40. The van der Waals surface area contributed by atoms with Crippen LogP contribution in [0, 0.1) is 19.8 Å². The quantitative estimate of drug-likeness (QED) is 0.909. The second kappa shape index (κ2) is 6.87. The summed E-state index contributed by atoms with van der Waals surface area (Å²) in [6, 6.07) is 2.20. The summed E-state index contributed by atoms with van der Waals surface area (Å²) in [6.45, 7) is 10.6. The summed E-state index contributed by atoms with van der Waals surface area (Å²) in [5.41, 5.74) is 3.88. The summed E-state index contributed by atoms with van der Waals surface area (Å²) in [5.74, 6) is 0.624. The summed E-state index contributed by atoms with van der Waals surface area (Å²) < 4.78 is 1.90. The average molecular weight is 356 g/mol. The fourth-order valence-electron chi connectivity index (χ4n) is 4.40. The van der Waals surface area contributed by atoms with Crippen molar-refractivity contribution in [2.24, 2.45) is 5.92 Å². The maximum absolute atomic E-state index is 13.1. The lowest BCUT2D eigenvalue weighted by Gasteiger charge is -2.35. The number of amides is 1. The molecule has 2 aromatic rings. The molecule has 1 N–H and O–H groups in total. The number of nitrogens with zero attached hydrogens (tertiary/aromatic N) is 5. The van der Waals surface area contributed by atoms with E-state index in [-0.39, 0.29) is 11.9 Å². The molecule has 7 nitrogen and oxygen atoms in total. The van der Waals surface area contributed by atoms with Crippen LogP contribution in [-0.4, -0.2) is 61.1 Å². The van der Waals surface area contributed by atoms with Crippen LogP contribution in [-0.2, 0) is 13.1 Å². The van der Waals surface area contributed by atoms with Gasteiger partial charge in [0.25, 0.3) is 5.91 Å². The van der Waals surface area contributed by atoms with E-state index in [1.807, 2.05) is 17.7 Å². The molecular formula is C19H28N6O. The Balaban J connectivity index is 1.51. The predicted molar refractivity (Wildman–Crippen MR) is 98.8 cm³/mol. The van der Waals surface area contributed by atoms with Gasteiger partial charge in [-0.05, 0) is 45.6 Å². The Kier molecular flexibility index (Phi) is 4.56. The highest BCUT2D eigenvalue weighted by Crippen LogP contribution is 2.30. The number of aromatic amines is 1. The number of H-pyrrole nitrogens is 1. The van der Waals surface area contributed by atoms with Crippen LogP contribution >= 0.6 is 0 Å². The van der Waals surface area contributed by atoms with Crippen molar-refractivity contribution in [2.45, 2.75) is 52.7 Å². The molecule has 3 aliphatic rings. The standard InChI is InChI=1S/C19H28N6O/c1-4-25-13(2)7-17(22-25)19(26)24-9-15-5-6-16(24)10-23(8-15)11-18-14(3)20-12-21-18/h7,12,15-16H,4-6,8-11H2,1-3H3,(H,20,21)/t15-,16+/m1/s1. The number of aryl methyl sites for hydroxylation is 3. The van der Waals surface area contributed by atoms with Gasteiger partial charge in [0.1, 0.15) is 0 Å². The van der Waals surface area contributed by atoms with Gasteiger partial charge in [0.15, 0.2) is 5.69 Å². The first-order chi connectivity index (χ1) is 12.5. The Bertz CT molecular complexity index is 794. The maximum Gasteiger partial charge on any atom is 0.274 e. The molecule has 140 valence electrons. The first-order valence-electron chi connectivity index (χ1n) is 9.61. The van der Waals surface area contributed by atoms with Gasteiger partial charge in [-0.3, -0.25) is 14.4 Å².